The van der Waals surface area contributed by atoms with Crippen molar-refractivity contribution in [3.05, 3.63) is 271 Å². The molecule has 0 aliphatic heterocycles. The van der Waals surface area contributed by atoms with Crippen LogP contribution in [0.15, 0.2) is 194 Å². The maximum Gasteiger partial charge on any atom is 0.0984 e. The van der Waals surface area contributed by atoms with Gasteiger partial charge in [0.1, 0.15) is 0 Å². The van der Waals surface area contributed by atoms with Crippen LogP contribution in [-0.2, 0) is 10.8 Å². The average molecular weight is 935 g/mol. The van der Waals surface area contributed by atoms with Crippen molar-refractivity contribution in [3.8, 4) is 53.8 Å². The number of hydrogen-bond donors (Lipinski definition) is 0. The molecule has 3 heterocycles. The number of hydrogen-bond acceptors (Lipinski definition) is 4. The molecule has 3 aromatic heterocycles. The van der Waals surface area contributed by atoms with Crippen LogP contribution in [-0.4, -0.2) is 9.97 Å². The molecule has 2 nitrogen and oxygen atoms in total. The maximum absolute atomic E-state index is 5.67. The second-order valence-electron chi connectivity index (χ2n) is 19.6. The summed E-state index contributed by atoms with van der Waals surface area (Å²) in [7, 11) is 0. The van der Waals surface area contributed by atoms with E-state index >= 15 is 0 Å². The zero-order chi connectivity index (χ0) is 47.5. The lowest BCUT2D eigenvalue weighted by molar-refractivity contribution is 0.759. The van der Waals surface area contributed by atoms with Crippen LogP contribution in [0.25, 0.3) is 64.9 Å². The van der Waals surface area contributed by atoms with E-state index in [0.29, 0.717) is 0 Å². The van der Waals surface area contributed by atoms with Crippen molar-refractivity contribution in [3.63, 3.8) is 0 Å². The van der Waals surface area contributed by atoms with Crippen molar-refractivity contribution in [1.82, 2.24) is 9.97 Å². The number of thiophene rings is 2. The molecule has 13 rings (SSSR count). The van der Waals surface area contributed by atoms with Gasteiger partial charge in [0, 0.05) is 36.2 Å². The Kier molecular flexibility index (Phi) is 9.75. The fourth-order valence-corrected chi connectivity index (χ4v) is 14.1. The predicted molar refractivity (Wildman–Crippen MR) is 295 cm³/mol. The molecule has 8 aromatic carbocycles. The van der Waals surface area contributed by atoms with Crippen LogP contribution in [0, 0.1) is 41.5 Å². The van der Waals surface area contributed by atoms with Crippen molar-refractivity contribution in [2.45, 2.75) is 52.4 Å². The van der Waals surface area contributed by atoms with E-state index in [1.165, 1.54) is 97.4 Å². The normalized spacial score (nSPS) is 13.8. The quantitative estimate of drug-likeness (QED) is 0.159. The Morgan fingerprint density at radius 2 is 0.743 bits per heavy atom. The Morgan fingerprint density at radius 1 is 0.343 bits per heavy atom. The second kappa shape index (κ2) is 16.0. The third-order valence-corrected chi connectivity index (χ3v) is 17.5. The average Bonchev–Trinajstić information content (AvgIpc) is 4.13. The van der Waals surface area contributed by atoms with E-state index in [-0.39, 0.29) is 0 Å². The van der Waals surface area contributed by atoms with Crippen LogP contribution < -0.4 is 0 Å². The first-order valence-electron chi connectivity index (χ1n) is 24.3. The van der Waals surface area contributed by atoms with Crippen molar-refractivity contribution in [1.29, 1.82) is 0 Å². The van der Waals surface area contributed by atoms with Gasteiger partial charge in [-0.1, -0.05) is 192 Å². The highest BCUT2D eigenvalue weighted by Crippen LogP contribution is 2.65. The maximum atomic E-state index is 5.67. The van der Waals surface area contributed by atoms with E-state index in [9.17, 15) is 0 Å². The van der Waals surface area contributed by atoms with Gasteiger partial charge in [0.2, 0.25) is 0 Å². The summed E-state index contributed by atoms with van der Waals surface area (Å²) >= 11 is 3.84. The highest BCUT2D eigenvalue weighted by molar-refractivity contribution is 7.19. The van der Waals surface area contributed by atoms with E-state index in [2.05, 4.69) is 236 Å². The number of fused-ring (bicyclic) bond motifs is 7. The van der Waals surface area contributed by atoms with Gasteiger partial charge in [0.15, 0.2) is 0 Å². The molecule has 0 spiro atoms. The molecule has 0 amide bonds. The molecule has 0 unspecified atom stereocenters. The largest absolute Gasteiger partial charge is 0.244 e. The number of benzene rings is 8. The van der Waals surface area contributed by atoms with E-state index in [0.717, 1.165) is 44.7 Å². The molecule has 0 radical (unpaired) electrons. The summed E-state index contributed by atoms with van der Waals surface area (Å²) in [6.07, 6.45) is 0. The van der Waals surface area contributed by atoms with E-state index in [1.807, 2.05) is 22.7 Å². The van der Waals surface area contributed by atoms with Crippen molar-refractivity contribution < 1.29 is 0 Å². The molecule has 336 valence electrons. The van der Waals surface area contributed by atoms with Gasteiger partial charge in [-0.15, -0.1) is 22.7 Å². The fraction of sp³-hybridized carbons (Fsp3) is 0.121. The lowest BCUT2D eigenvalue weighted by Crippen LogP contribution is -2.30. The number of rotatable bonds is 7. The number of aromatic nitrogens is 2. The Labute approximate surface area is 418 Å². The fourth-order valence-electron chi connectivity index (χ4n) is 11.7. The smallest absolute Gasteiger partial charge is 0.0984 e. The lowest BCUT2D eigenvalue weighted by Gasteiger charge is -2.35. The summed E-state index contributed by atoms with van der Waals surface area (Å²) in [5.74, 6) is 0. The van der Waals surface area contributed by atoms with Gasteiger partial charge in [-0.25, -0.2) is 9.97 Å². The molecule has 4 heteroatoms. The van der Waals surface area contributed by atoms with Crippen LogP contribution in [0.4, 0.5) is 0 Å². The molecule has 2 aliphatic carbocycles. The number of nitrogens with zero attached hydrogens (tertiary/aromatic N) is 2. The third-order valence-electron chi connectivity index (χ3n) is 15.2. The highest BCUT2D eigenvalue weighted by Gasteiger charge is 2.53. The molecule has 0 N–H and O–H groups in total. The molecule has 0 atom stereocenters. The summed E-state index contributed by atoms with van der Waals surface area (Å²) in [6.45, 7) is 13.2. The predicted octanol–water partition coefficient (Wildman–Crippen LogP) is 17.3. The van der Waals surface area contributed by atoms with E-state index < -0.39 is 10.8 Å². The molecule has 2 aliphatic rings. The minimum Gasteiger partial charge on any atom is -0.244 e. The summed E-state index contributed by atoms with van der Waals surface area (Å²) in [5, 5.41) is 0. The summed E-state index contributed by atoms with van der Waals surface area (Å²) in [5.41, 5.74) is 24.9. The molecule has 0 saturated carbocycles. The molecule has 0 saturated heterocycles. The van der Waals surface area contributed by atoms with Crippen LogP contribution >= 0.6 is 22.7 Å². The Morgan fingerprint density at radius 3 is 1.19 bits per heavy atom. The number of aryl methyl sites for hydroxylation is 6. The molecular weight excluding hydrogens is 885 g/mol. The molecular formula is C66H50N2S2. The Hall–Kier alpha value is -7.50. The second-order valence-corrected chi connectivity index (χ2v) is 21.9. The molecule has 11 aromatic rings. The SMILES string of the molecule is Cc1ccc(C2(c3ccc(C)cc3)c3cc4c(cc3-c3sc(C)cc32)C(c2ccc(C)cc2)(c2ccc(C)cc2)c2cc(-c3ccc(C)c5nc(-c6ccccc6)c(-c6ccccc6)nc35)sc2-4)cc1. The minimum atomic E-state index is -0.608. The monoisotopic (exact) mass is 934 g/mol. The summed E-state index contributed by atoms with van der Waals surface area (Å²) < 4.78 is 0. The van der Waals surface area contributed by atoms with E-state index in [4.69, 9.17) is 9.97 Å². The molecule has 0 bridgehead atoms. The van der Waals surface area contributed by atoms with Crippen LogP contribution in [0.5, 0.6) is 0 Å². The van der Waals surface area contributed by atoms with Gasteiger partial charge in [0.05, 0.1) is 33.3 Å². The first-order chi connectivity index (χ1) is 34.1. The zero-order valence-corrected chi connectivity index (χ0v) is 41.8. The van der Waals surface area contributed by atoms with Gasteiger partial charge in [-0.05, 0) is 127 Å². The Bertz CT molecular complexity index is 3750. The van der Waals surface area contributed by atoms with Gasteiger partial charge in [-0.2, -0.15) is 0 Å². The van der Waals surface area contributed by atoms with E-state index in [1.54, 1.807) is 0 Å². The first-order valence-corrected chi connectivity index (χ1v) is 25.9. The van der Waals surface area contributed by atoms with Gasteiger partial charge >= 0.3 is 0 Å². The van der Waals surface area contributed by atoms with Crippen molar-refractivity contribution >= 4 is 33.7 Å². The topological polar surface area (TPSA) is 25.8 Å². The summed E-state index contributed by atoms with van der Waals surface area (Å²) in [4.78, 5) is 16.4. The summed E-state index contributed by atoms with van der Waals surface area (Å²) in [6, 6.07) is 73.2. The third kappa shape index (κ3) is 6.22. The first kappa shape index (κ1) is 42.6. The molecule has 70 heavy (non-hydrogen) atoms. The zero-order valence-electron chi connectivity index (χ0n) is 40.2. The van der Waals surface area contributed by atoms with Crippen molar-refractivity contribution in [2.75, 3.05) is 0 Å². The minimum absolute atomic E-state index is 0.516. The molecule has 0 fully saturated rings. The van der Waals surface area contributed by atoms with Gasteiger partial charge in [-0.3, -0.25) is 0 Å². The standard InChI is InChI=1S/C66H50N2S2/c1-39-17-26-47(27-18-39)65(48-28-19-40(2)20-29-48)54-37-53-55(36-52(54)63-56(65)35-44(6)69-63)66(49-30-21-41(3)22-31-49,50-32-23-42(4)24-33-50)57-38-58(70-64(53)57)51-34-25-43(5)59-62(51)68-61(46-15-11-8-12-16-46)60(67-59)45-13-9-7-10-14-45/h7-38H,1-6H3. The lowest BCUT2D eigenvalue weighted by atomic mass is 9.65. The van der Waals surface area contributed by atoms with Crippen molar-refractivity contribution in [2.24, 2.45) is 0 Å². The van der Waals surface area contributed by atoms with Gasteiger partial charge in [0.25, 0.3) is 0 Å². The van der Waals surface area contributed by atoms with Gasteiger partial charge < -0.3 is 0 Å². The van der Waals surface area contributed by atoms with Crippen LogP contribution in [0.1, 0.15) is 77.2 Å². The highest BCUT2D eigenvalue weighted by atomic mass is 32.1. The van der Waals surface area contributed by atoms with Crippen LogP contribution in [0.3, 0.4) is 0 Å². The van der Waals surface area contributed by atoms with Crippen LogP contribution in [0.2, 0.25) is 0 Å². The Balaban J connectivity index is 1.14.